The Hall–Kier alpha value is -1.20. The monoisotopic (exact) mass is 358 g/mol. The van der Waals surface area contributed by atoms with E-state index in [1.807, 2.05) is 0 Å². The van der Waals surface area contributed by atoms with Gasteiger partial charge in [0.05, 0.1) is 0 Å². The van der Waals surface area contributed by atoms with Gasteiger partial charge in [0.25, 0.3) is 0 Å². The van der Waals surface area contributed by atoms with E-state index in [-0.39, 0.29) is 36.2 Å². The molecule has 6 heteroatoms. The zero-order chi connectivity index (χ0) is 16.4. The summed E-state index contributed by atoms with van der Waals surface area (Å²) in [7, 11) is 0. The Morgan fingerprint density at radius 2 is 1.92 bits per heavy atom. The molecule has 0 aliphatic heterocycles. The van der Waals surface area contributed by atoms with Gasteiger partial charge in [-0.15, -0.1) is 12.4 Å². The van der Waals surface area contributed by atoms with Gasteiger partial charge < -0.3 is 11.1 Å². The third-order valence-electron chi connectivity index (χ3n) is 5.30. The van der Waals surface area contributed by atoms with Crippen LogP contribution in [0.25, 0.3) is 0 Å². The van der Waals surface area contributed by atoms with Crippen LogP contribution in [-0.2, 0) is 4.79 Å². The first-order chi connectivity index (χ1) is 11.1. The van der Waals surface area contributed by atoms with Crippen LogP contribution in [0.4, 0.5) is 8.78 Å². The Bertz CT molecular complexity index is 578. The average Bonchev–Trinajstić information content (AvgIpc) is 3.36. The van der Waals surface area contributed by atoms with Crippen molar-refractivity contribution >= 4 is 18.3 Å². The number of carbonyl (C=O) groups is 1. The van der Waals surface area contributed by atoms with Gasteiger partial charge in [0, 0.05) is 18.5 Å². The summed E-state index contributed by atoms with van der Waals surface area (Å²) in [5.74, 6) is -1.38. The van der Waals surface area contributed by atoms with Crippen molar-refractivity contribution in [3.63, 3.8) is 0 Å². The van der Waals surface area contributed by atoms with Crippen LogP contribution in [0.3, 0.4) is 0 Å². The smallest absolute Gasteiger partial charge is 0.224 e. The van der Waals surface area contributed by atoms with Gasteiger partial charge in [-0.25, -0.2) is 8.78 Å². The topological polar surface area (TPSA) is 55.1 Å². The van der Waals surface area contributed by atoms with Crippen molar-refractivity contribution in [2.75, 3.05) is 6.54 Å². The van der Waals surface area contributed by atoms with E-state index in [4.69, 9.17) is 5.73 Å². The summed E-state index contributed by atoms with van der Waals surface area (Å²) >= 11 is 0. The van der Waals surface area contributed by atoms with Crippen molar-refractivity contribution in [3.05, 3.63) is 35.4 Å². The van der Waals surface area contributed by atoms with Gasteiger partial charge in [-0.3, -0.25) is 4.79 Å². The first kappa shape index (κ1) is 19.1. The van der Waals surface area contributed by atoms with Gasteiger partial charge in [-0.2, -0.15) is 0 Å². The Kier molecular flexibility index (Phi) is 6.58. The van der Waals surface area contributed by atoms with E-state index in [2.05, 4.69) is 5.32 Å². The van der Waals surface area contributed by atoms with Crippen LogP contribution < -0.4 is 11.1 Å². The summed E-state index contributed by atoms with van der Waals surface area (Å²) in [4.78, 5) is 12.4. The maximum atomic E-state index is 13.3. The van der Waals surface area contributed by atoms with Crippen molar-refractivity contribution < 1.29 is 13.6 Å². The van der Waals surface area contributed by atoms with E-state index >= 15 is 0 Å². The number of halogens is 3. The van der Waals surface area contributed by atoms with E-state index in [1.165, 1.54) is 25.3 Å². The number of nitrogens with two attached hydrogens (primary N) is 1. The number of amides is 1. The minimum atomic E-state index is -0.851. The summed E-state index contributed by atoms with van der Waals surface area (Å²) in [5, 5.41) is 3.09. The normalized spacial score (nSPS) is 24.8. The molecule has 134 valence electrons. The Balaban J connectivity index is 0.00000208. The summed E-state index contributed by atoms with van der Waals surface area (Å²) in [5.41, 5.74) is 6.55. The molecule has 1 aromatic rings. The molecule has 0 bridgehead atoms. The van der Waals surface area contributed by atoms with E-state index in [1.54, 1.807) is 6.07 Å². The fourth-order valence-corrected chi connectivity index (χ4v) is 3.79. The van der Waals surface area contributed by atoms with Crippen LogP contribution in [0, 0.1) is 23.5 Å². The maximum absolute atomic E-state index is 13.3. The summed E-state index contributed by atoms with van der Waals surface area (Å²) < 4.78 is 26.3. The number of benzene rings is 1. The third-order valence-corrected chi connectivity index (χ3v) is 5.30. The molecule has 3 atom stereocenters. The largest absolute Gasteiger partial charge is 0.352 e. The van der Waals surface area contributed by atoms with Gasteiger partial charge in [-0.1, -0.05) is 25.3 Å². The molecule has 0 spiro atoms. The molecule has 3 nitrogen and oxygen atoms in total. The van der Waals surface area contributed by atoms with Crippen LogP contribution in [0.15, 0.2) is 18.2 Å². The van der Waals surface area contributed by atoms with Gasteiger partial charge >= 0.3 is 0 Å². The zero-order valence-electron chi connectivity index (χ0n) is 13.6. The van der Waals surface area contributed by atoms with Crippen molar-refractivity contribution in [1.82, 2.24) is 5.32 Å². The van der Waals surface area contributed by atoms with Crippen molar-refractivity contribution in [1.29, 1.82) is 0 Å². The number of nitrogens with one attached hydrogen (secondary N) is 1. The number of rotatable bonds is 5. The van der Waals surface area contributed by atoms with Gasteiger partial charge in [0.2, 0.25) is 5.91 Å². The molecular weight excluding hydrogens is 334 g/mol. The maximum Gasteiger partial charge on any atom is 0.224 e. The first-order valence-corrected chi connectivity index (χ1v) is 8.55. The van der Waals surface area contributed by atoms with Crippen LogP contribution in [0.2, 0.25) is 0 Å². The van der Waals surface area contributed by atoms with Crippen molar-refractivity contribution in [2.24, 2.45) is 17.6 Å². The quantitative estimate of drug-likeness (QED) is 0.846. The second kappa shape index (κ2) is 8.26. The molecule has 1 aromatic carbocycles. The van der Waals surface area contributed by atoms with E-state index < -0.39 is 11.6 Å². The number of hydrogen-bond acceptors (Lipinski definition) is 2. The molecule has 2 aliphatic rings. The van der Waals surface area contributed by atoms with Crippen LogP contribution in [0.5, 0.6) is 0 Å². The lowest BCUT2D eigenvalue weighted by molar-refractivity contribution is -0.123. The molecule has 0 saturated heterocycles. The van der Waals surface area contributed by atoms with Gasteiger partial charge in [0.15, 0.2) is 11.6 Å². The Labute approximate surface area is 147 Å². The summed E-state index contributed by atoms with van der Waals surface area (Å²) in [6.45, 7) is 0.457. The molecule has 0 aromatic heterocycles. The highest BCUT2D eigenvalue weighted by Gasteiger charge is 2.45. The second-order valence-electron chi connectivity index (χ2n) is 6.87. The number of carbonyl (C=O) groups excluding carboxylic acids is 1. The SMILES string of the molecule is Cl.NCC(NC(=O)C1CC1c1ccc(F)c(F)c1)C1CCCCC1. The minimum absolute atomic E-state index is 0. The Morgan fingerprint density at radius 1 is 1.21 bits per heavy atom. The number of hydrogen-bond donors (Lipinski definition) is 2. The molecule has 3 rings (SSSR count). The first-order valence-electron chi connectivity index (χ1n) is 8.55. The molecule has 2 aliphatic carbocycles. The lowest BCUT2D eigenvalue weighted by Crippen LogP contribution is -2.46. The molecule has 3 unspecified atom stereocenters. The lowest BCUT2D eigenvalue weighted by atomic mass is 9.84. The summed E-state index contributed by atoms with van der Waals surface area (Å²) in [6.07, 6.45) is 6.62. The molecule has 3 N–H and O–H groups in total. The molecule has 0 heterocycles. The van der Waals surface area contributed by atoms with Crippen molar-refractivity contribution in [3.8, 4) is 0 Å². The molecule has 0 radical (unpaired) electrons. The average molecular weight is 359 g/mol. The molecule has 1 amide bonds. The zero-order valence-corrected chi connectivity index (χ0v) is 14.5. The third kappa shape index (κ3) is 4.25. The molecule has 24 heavy (non-hydrogen) atoms. The van der Waals surface area contributed by atoms with Crippen LogP contribution in [-0.4, -0.2) is 18.5 Å². The minimum Gasteiger partial charge on any atom is -0.352 e. The van der Waals surface area contributed by atoms with E-state index in [9.17, 15) is 13.6 Å². The standard InChI is InChI=1S/C18H24F2N2O.ClH/c19-15-7-6-12(8-16(15)20)13-9-14(13)18(23)22-17(10-21)11-4-2-1-3-5-11;/h6-8,11,13-14,17H,1-5,9-10,21H2,(H,22,23);1H. The fraction of sp³-hybridized carbons (Fsp3) is 0.611. The van der Waals surface area contributed by atoms with Gasteiger partial charge in [-0.05, 0) is 48.8 Å². The fourth-order valence-electron chi connectivity index (χ4n) is 3.79. The van der Waals surface area contributed by atoms with Crippen molar-refractivity contribution in [2.45, 2.75) is 50.5 Å². The highest BCUT2D eigenvalue weighted by Crippen LogP contribution is 2.48. The van der Waals surface area contributed by atoms with Crippen LogP contribution in [0.1, 0.15) is 50.0 Å². The van der Waals surface area contributed by atoms with Crippen LogP contribution >= 0.6 is 12.4 Å². The van der Waals surface area contributed by atoms with Gasteiger partial charge in [0.1, 0.15) is 0 Å². The molecule has 2 fully saturated rings. The second-order valence-corrected chi connectivity index (χ2v) is 6.87. The predicted molar refractivity (Wildman–Crippen MR) is 92.0 cm³/mol. The predicted octanol–water partition coefficient (Wildman–Crippen LogP) is 3.51. The highest BCUT2D eigenvalue weighted by molar-refractivity contribution is 5.85. The highest BCUT2D eigenvalue weighted by atomic mass is 35.5. The summed E-state index contributed by atoms with van der Waals surface area (Å²) in [6, 6.07) is 3.93. The van der Waals surface area contributed by atoms with E-state index in [0.717, 1.165) is 18.9 Å². The molecular formula is C18H25ClF2N2O. The molecule has 2 saturated carbocycles. The van der Waals surface area contributed by atoms with E-state index in [0.29, 0.717) is 24.4 Å². The lowest BCUT2D eigenvalue weighted by Gasteiger charge is -2.30. The Morgan fingerprint density at radius 3 is 2.54 bits per heavy atom.